The molecular formula is C9H9N2. The van der Waals surface area contributed by atoms with E-state index in [-0.39, 0.29) is 0 Å². The topological polar surface area (TPSA) is 19.0 Å². The highest BCUT2D eigenvalue weighted by atomic mass is 15.1. The quantitative estimate of drug-likeness (QED) is 0.573. The van der Waals surface area contributed by atoms with Crippen LogP contribution in [0.1, 0.15) is 5.56 Å². The molecule has 2 heterocycles. The Bertz CT molecular complexity index is 318. The molecule has 0 aromatic carbocycles. The molecule has 0 unspecified atom stereocenters. The van der Waals surface area contributed by atoms with Crippen LogP contribution in [0.5, 0.6) is 0 Å². The number of aromatic nitrogens is 1. The van der Waals surface area contributed by atoms with Gasteiger partial charge >= 0.3 is 0 Å². The Morgan fingerprint density at radius 1 is 1.45 bits per heavy atom. The first kappa shape index (κ1) is 6.28. The zero-order valence-electron chi connectivity index (χ0n) is 6.36. The fourth-order valence-corrected chi connectivity index (χ4v) is 1.09. The van der Waals surface area contributed by atoms with Gasteiger partial charge in [-0.2, -0.15) is 0 Å². The van der Waals surface area contributed by atoms with Gasteiger partial charge in [0.05, 0.1) is 0 Å². The van der Waals surface area contributed by atoms with E-state index in [0.717, 1.165) is 5.82 Å². The SMILES string of the molecule is Cc1ccn(C2=CC=C[N]2)c1. The molecule has 1 radical (unpaired) electrons. The fourth-order valence-electron chi connectivity index (χ4n) is 1.09. The number of hydrogen-bond acceptors (Lipinski definition) is 0. The molecule has 0 N–H and O–H groups in total. The molecule has 55 valence electrons. The summed E-state index contributed by atoms with van der Waals surface area (Å²) >= 11 is 0. The lowest BCUT2D eigenvalue weighted by Crippen LogP contribution is -1.98. The number of aryl methyl sites for hydroxylation is 1. The van der Waals surface area contributed by atoms with E-state index in [1.165, 1.54) is 5.56 Å². The second-order valence-corrected chi connectivity index (χ2v) is 2.59. The highest BCUT2D eigenvalue weighted by Crippen LogP contribution is 2.09. The maximum absolute atomic E-state index is 4.16. The third-order valence-corrected chi connectivity index (χ3v) is 1.64. The van der Waals surface area contributed by atoms with Gasteiger partial charge in [0.15, 0.2) is 0 Å². The van der Waals surface area contributed by atoms with Crippen molar-refractivity contribution >= 4 is 5.82 Å². The van der Waals surface area contributed by atoms with Crippen molar-refractivity contribution in [2.24, 2.45) is 0 Å². The smallest absolute Gasteiger partial charge is 0.136 e. The molecule has 0 atom stereocenters. The summed E-state index contributed by atoms with van der Waals surface area (Å²) in [5.74, 6) is 0.984. The van der Waals surface area contributed by atoms with Crippen molar-refractivity contribution < 1.29 is 0 Å². The predicted molar refractivity (Wildman–Crippen MR) is 44.7 cm³/mol. The summed E-state index contributed by atoms with van der Waals surface area (Å²) in [6.07, 6.45) is 9.79. The van der Waals surface area contributed by atoms with Gasteiger partial charge in [0.2, 0.25) is 0 Å². The summed E-state index contributed by atoms with van der Waals surface area (Å²) in [7, 11) is 0. The van der Waals surface area contributed by atoms with Gasteiger partial charge in [0, 0.05) is 18.6 Å². The Kier molecular flexibility index (Phi) is 1.32. The van der Waals surface area contributed by atoms with Crippen LogP contribution >= 0.6 is 0 Å². The van der Waals surface area contributed by atoms with E-state index >= 15 is 0 Å². The molecule has 0 saturated carbocycles. The number of rotatable bonds is 1. The van der Waals surface area contributed by atoms with Gasteiger partial charge in [-0.1, -0.05) is 0 Å². The van der Waals surface area contributed by atoms with Crippen molar-refractivity contribution in [3.8, 4) is 0 Å². The second-order valence-electron chi connectivity index (χ2n) is 2.59. The fraction of sp³-hybridized carbons (Fsp3) is 0.111. The minimum Gasteiger partial charge on any atom is -0.308 e. The van der Waals surface area contributed by atoms with Crippen LogP contribution in [0.4, 0.5) is 0 Å². The van der Waals surface area contributed by atoms with Crippen LogP contribution in [0.3, 0.4) is 0 Å². The van der Waals surface area contributed by atoms with Gasteiger partial charge < -0.3 is 4.57 Å². The monoisotopic (exact) mass is 145 g/mol. The summed E-state index contributed by atoms with van der Waals surface area (Å²) in [4.78, 5) is 0. The van der Waals surface area contributed by atoms with E-state index < -0.39 is 0 Å². The molecule has 2 heteroatoms. The first-order valence-electron chi connectivity index (χ1n) is 3.59. The lowest BCUT2D eigenvalue weighted by molar-refractivity contribution is 1.000. The molecule has 0 spiro atoms. The van der Waals surface area contributed by atoms with Gasteiger partial charge in [-0.25, -0.2) is 5.32 Å². The molecule has 1 aromatic rings. The number of nitrogens with zero attached hydrogens (tertiary/aromatic N) is 2. The van der Waals surface area contributed by atoms with E-state index in [1.807, 2.05) is 22.9 Å². The highest BCUT2D eigenvalue weighted by molar-refractivity contribution is 5.51. The van der Waals surface area contributed by atoms with E-state index in [0.29, 0.717) is 0 Å². The minimum atomic E-state index is 0.984. The molecule has 11 heavy (non-hydrogen) atoms. The summed E-state index contributed by atoms with van der Waals surface area (Å²) in [5.41, 5.74) is 1.26. The molecule has 0 amide bonds. The number of allylic oxidation sites excluding steroid dienone is 2. The maximum atomic E-state index is 4.16. The van der Waals surface area contributed by atoms with Crippen LogP contribution in [0, 0.1) is 6.92 Å². The van der Waals surface area contributed by atoms with Gasteiger partial charge in [-0.05, 0) is 30.7 Å². The summed E-state index contributed by atoms with van der Waals surface area (Å²) < 4.78 is 2.01. The van der Waals surface area contributed by atoms with E-state index in [4.69, 9.17) is 0 Å². The summed E-state index contributed by atoms with van der Waals surface area (Å²) in [5, 5.41) is 4.16. The van der Waals surface area contributed by atoms with Gasteiger partial charge in [0.25, 0.3) is 0 Å². The average Bonchev–Trinajstić information content (AvgIpc) is 2.55. The van der Waals surface area contributed by atoms with E-state index in [1.54, 1.807) is 6.20 Å². The van der Waals surface area contributed by atoms with Crippen LogP contribution in [0.15, 0.2) is 36.8 Å². The van der Waals surface area contributed by atoms with Crippen LogP contribution in [-0.4, -0.2) is 4.57 Å². The van der Waals surface area contributed by atoms with Crippen molar-refractivity contribution in [3.05, 3.63) is 42.4 Å². The Hall–Kier alpha value is -1.44. The maximum Gasteiger partial charge on any atom is 0.136 e. The third kappa shape index (κ3) is 1.07. The van der Waals surface area contributed by atoms with Crippen molar-refractivity contribution in [1.29, 1.82) is 0 Å². The van der Waals surface area contributed by atoms with Crippen molar-refractivity contribution in [2.45, 2.75) is 6.92 Å². The Morgan fingerprint density at radius 2 is 2.36 bits per heavy atom. The van der Waals surface area contributed by atoms with Crippen LogP contribution < -0.4 is 5.32 Å². The summed E-state index contributed by atoms with van der Waals surface area (Å²) in [6.45, 7) is 2.07. The third-order valence-electron chi connectivity index (χ3n) is 1.64. The molecule has 2 rings (SSSR count). The zero-order valence-corrected chi connectivity index (χ0v) is 6.36. The molecule has 1 aliphatic heterocycles. The molecule has 0 fully saturated rings. The first-order valence-corrected chi connectivity index (χ1v) is 3.59. The lowest BCUT2D eigenvalue weighted by atomic mass is 10.4. The summed E-state index contributed by atoms with van der Waals surface area (Å²) in [6, 6.07) is 2.06. The van der Waals surface area contributed by atoms with Crippen LogP contribution in [0.25, 0.3) is 5.82 Å². The van der Waals surface area contributed by atoms with Crippen LogP contribution in [-0.2, 0) is 0 Å². The molecule has 0 saturated heterocycles. The zero-order chi connectivity index (χ0) is 7.68. The van der Waals surface area contributed by atoms with E-state index in [2.05, 4.69) is 24.5 Å². The van der Waals surface area contributed by atoms with E-state index in [9.17, 15) is 0 Å². The molecule has 1 aliphatic rings. The molecular weight excluding hydrogens is 136 g/mol. The second kappa shape index (κ2) is 2.31. The minimum absolute atomic E-state index is 0.984. The van der Waals surface area contributed by atoms with Crippen molar-refractivity contribution in [2.75, 3.05) is 0 Å². The average molecular weight is 145 g/mol. The Morgan fingerprint density at radius 3 is 2.91 bits per heavy atom. The van der Waals surface area contributed by atoms with Crippen molar-refractivity contribution in [3.63, 3.8) is 0 Å². The Balaban J connectivity index is 2.30. The normalized spacial score (nSPS) is 14.8. The lowest BCUT2D eigenvalue weighted by Gasteiger charge is -2.00. The predicted octanol–water partition coefficient (Wildman–Crippen LogP) is 1.73. The molecule has 2 nitrogen and oxygen atoms in total. The highest BCUT2D eigenvalue weighted by Gasteiger charge is 2.01. The Labute approximate surface area is 65.8 Å². The first-order chi connectivity index (χ1) is 5.36. The standard InChI is InChI=1S/C9H9N2/c1-8-4-6-11(7-8)9-3-2-5-10-9/h2-7H,1H3. The molecule has 0 bridgehead atoms. The van der Waals surface area contributed by atoms with Gasteiger partial charge in [-0.3, -0.25) is 0 Å². The molecule has 0 aliphatic carbocycles. The van der Waals surface area contributed by atoms with Crippen molar-refractivity contribution in [1.82, 2.24) is 9.88 Å². The van der Waals surface area contributed by atoms with Crippen LogP contribution in [0.2, 0.25) is 0 Å². The number of hydrogen-bond donors (Lipinski definition) is 0. The largest absolute Gasteiger partial charge is 0.308 e. The van der Waals surface area contributed by atoms with Gasteiger partial charge in [-0.15, -0.1) is 0 Å². The molecule has 1 aromatic heterocycles. The van der Waals surface area contributed by atoms with Gasteiger partial charge in [0.1, 0.15) is 5.82 Å².